The molecular formula is C72H112N2O12Si12. The molecule has 8 rings (SSSR count). The van der Waals surface area contributed by atoms with Gasteiger partial charge in [-0.1, -0.05) is 48.5 Å². The third-order valence-electron chi connectivity index (χ3n) is 14.0. The predicted molar refractivity (Wildman–Crippen MR) is 441 cm³/mol. The summed E-state index contributed by atoms with van der Waals surface area (Å²) < 4.78 is 81.1. The SMILES string of the molecule is C[Si](C)(C)O[Si](C)(Oc1ccc(N(c2ccc(-c3ccc(N(c4ccc(O[Si](C)(O[Si](C)(C)C)O[Si](C)(C)C)cc4)c4ccc5cc(O[Si](C)(O[Si](C)(C)C)O[Si](C)(C)C)ccc5c4)cc3)cc2)c2ccc3cc(O[Si](C)(O[Si](C)(C)C)O[Si](C)(C)C)ccc3c2)cc1)O[Si](C)(C)C. The molecule has 0 bridgehead atoms. The highest BCUT2D eigenvalue weighted by Gasteiger charge is 2.49. The van der Waals surface area contributed by atoms with Crippen molar-refractivity contribution in [2.24, 2.45) is 0 Å². The van der Waals surface area contributed by atoms with Crippen molar-refractivity contribution in [1.29, 1.82) is 0 Å². The van der Waals surface area contributed by atoms with Gasteiger partial charge in [-0.15, -0.1) is 0 Å². The lowest BCUT2D eigenvalue weighted by Gasteiger charge is -2.37. The van der Waals surface area contributed by atoms with Crippen LogP contribution in [-0.4, -0.2) is 102 Å². The minimum Gasteiger partial charge on any atom is -0.502 e. The molecule has 0 atom stereocenters. The van der Waals surface area contributed by atoms with E-state index in [1.807, 2.05) is 62.6 Å². The van der Waals surface area contributed by atoms with Crippen molar-refractivity contribution in [2.75, 3.05) is 9.80 Å². The third kappa shape index (κ3) is 24.3. The molecular weight excluding hydrogens is 1420 g/mol. The summed E-state index contributed by atoms with van der Waals surface area (Å²) in [5, 5.41) is 4.23. The predicted octanol–water partition coefficient (Wildman–Crippen LogP) is 23.2. The van der Waals surface area contributed by atoms with Crippen molar-refractivity contribution in [3.8, 4) is 34.1 Å². The topological polar surface area (TPSA) is 117 Å². The van der Waals surface area contributed by atoms with Gasteiger partial charge in [0.15, 0.2) is 66.5 Å². The third-order valence-corrected chi connectivity index (χ3v) is 47.9. The number of hydrogen-bond donors (Lipinski definition) is 0. The van der Waals surface area contributed by atoms with Crippen molar-refractivity contribution >= 4 is 157 Å². The van der Waals surface area contributed by atoms with E-state index in [1.54, 1.807) is 0 Å². The molecule has 0 radical (unpaired) electrons. The Bertz CT molecular complexity index is 3680. The summed E-state index contributed by atoms with van der Waals surface area (Å²) in [4.78, 5) is 4.58. The van der Waals surface area contributed by atoms with E-state index < -0.39 is 102 Å². The monoisotopic (exact) mass is 1530 g/mol. The van der Waals surface area contributed by atoms with Crippen LogP contribution in [-0.2, 0) is 32.9 Å². The standard InChI is InChI=1S/C72H112N2O12Si12/c1-87(2,3)79-95(25,80-88(4,5)6)75-69-49-43-65(44-50-69)73(67-41-33-61-55-71(47-35-59(61)53-67)77-97(27,83-91(13,14)15)84-92(16,17)18)63-37-29-57(30-38-63)58-31-39-64(40-32-58)74(66-45-51-70(52-46-66)76-96(26,81-89(7,8)9)82-90(10,11)12)68-42-34-62-56-72(48-36-60(62)54-68)78-98(28,85-93(19,20)21)86-94(22,23)24/h29-56H,1-28H3. The summed E-state index contributed by atoms with van der Waals surface area (Å²) in [7, 11) is -28.4. The first-order chi connectivity index (χ1) is 44.8. The van der Waals surface area contributed by atoms with Gasteiger partial charge in [-0.3, -0.25) is 0 Å². The van der Waals surface area contributed by atoms with Gasteiger partial charge in [0.05, 0.1) is 0 Å². The van der Waals surface area contributed by atoms with Crippen molar-refractivity contribution in [2.45, 2.75) is 183 Å². The lowest BCUT2D eigenvalue weighted by Crippen LogP contribution is -2.56. The largest absolute Gasteiger partial charge is 0.541 e. The molecule has 98 heavy (non-hydrogen) atoms. The highest BCUT2D eigenvalue weighted by Crippen LogP contribution is 2.43. The van der Waals surface area contributed by atoms with E-state index in [4.69, 9.17) is 50.6 Å². The number of fused-ring (bicyclic) bond motifs is 2. The van der Waals surface area contributed by atoms with Crippen LogP contribution < -0.4 is 27.5 Å². The molecule has 0 aliphatic heterocycles. The quantitative estimate of drug-likeness (QED) is 0.0384. The Morgan fingerprint density at radius 2 is 0.357 bits per heavy atom. The molecule has 0 saturated heterocycles. The van der Waals surface area contributed by atoms with Gasteiger partial charge in [-0.25, -0.2) is 0 Å². The summed E-state index contributed by atoms with van der Waals surface area (Å²) in [5.74, 6) is 2.90. The second-order valence-electron chi connectivity index (χ2n) is 33.7. The molecule has 8 aromatic rings. The van der Waals surface area contributed by atoms with Crippen LogP contribution in [0.3, 0.4) is 0 Å². The number of rotatable bonds is 31. The van der Waals surface area contributed by atoms with Gasteiger partial charge in [0, 0.05) is 60.3 Å². The Kier molecular flexibility index (Phi) is 23.9. The number of hydrogen-bond acceptors (Lipinski definition) is 14. The Morgan fingerprint density at radius 3 is 0.582 bits per heavy atom. The lowest BCUT2D eigenvalue weighted by atomic mass is 10.0. The molecule has 8 aromatic carbocycles. The van der Waals surface area contributed by atoms with Gasteiger partial charge in [0.25, 0.3) is 0 Å². The molecule has 0 heterocycles. The molecule has 26 heteroatoms. The minimum absolute atomic E-state index is 0.710. The first kappa shape index (κ1) is 79.1. The fourth-order valence-electron chi connectivity index (χ4n) is 12.2. The molecule has 0 fully saturated rings. The van der Waals surface area contributed by atoms with Crippen LogP contribution in [0.2, 0.25) is 183 Å². The van der Waals surface area contributed by atoms with E-state index in [0.29, 0.717) is 11.5 Å². The van der Waals surface area contributed by atoms with E-state index >= 15 is 0 Å². The fourth-order valence-corrected chi connectivity index (χ4v) is 53.5. The zero-order chi connectivity index (χ0) is 72.7. The van der Waals surface area contributed by atoms with Crippen LogP contribution in [0.25, 0.3) is 32.7 Å². The Balaban J connectivity index is 1.16. The molecule has 0 aromatic heterocycles. The maximum absolute atomic E-state index is 6.80. The molecule has 0 saturated carbocycles. The molecule has 14 nitrogen and oxygen atoms in total. The van der Waals surface area contributed by atoms with Gasteiger partial charge in [-0.05, 0) is 311 Å². The second-order valence-corrected chi connectivity index (χ2v) is 81.8. The van der Waals surface area contributed by atoms with Gasteiger partial charge in [0.1, 0.15) is 23.0 Å². The molecule has 0 aliphatic carbocycles. The van der Waals surface area contributed by atoms with E-state index in [9.17, 15) is 0 Å². The van der Waals surface area contributed by atoms with E-state index in [0.717, 1.165) is 78.3 Å². The van der Waals surface area contributed by atoms with E-state index in [1.165, 1.54) is 0 Å². The van der Waals surface area contributed by atoms with Crippen molar-refractivity contribution < 1.29 is 50.6 Å². The van der Waals surface area contributed by atoms with Crippen molar-refractivity contribution in [3.05, 3.63) is 170 Å². The summed E-state index contributed by atoms with van der Waals surface area (Å²) >= 11 is 0. The van der Waals surface area contributed by atoms with Crippen LogP contribution in [0.5, 0.6) is 23.0 Å². The molecule has 0 aliphatic rings. The van der Waals surface area contributed by atoms with E-state index in [2.05, 4.69) is 300 Å². The van der Waals surface area contributed by atoms with Crippen molar-refractivity contribution in [1.82, 2.24) is 0 Å². The second kappa shape index (κ2) is 29.6. The minimum atomic E-state index is -3.07. The molecule has 0 unspecified atom stereocenters. The van der Waals surface area contributed by atoms with Crippen molar-refractivity contribution in [3.63, 3.8) is 0 Å². The number of benzene rings is 8. The Hall–Kier alpha value is -4.64. The van der Waals surface area contributed by atoms with Gasteiger partial charge < -0.3 is 60.4 Å². The van der Waals surface area contributed by atoms with Crippen LogP contribution in [0.15, 0.2) is 170 Å². The van der Waals surface area contributed by atoms with Gasteiger partial charge in [0.2, 0.25) is 0 Å². The Labute approximate surface area is 600 Å². The summed E-state index contributed by atoms with van der Waals surface area (Å²) in [6.07, 6.45) is 0. The zero-order valence-corrected chi connectivity index (χ0v) is 76.0. The van der Waals surface area contributed by atoms with Gasteiger partial charge >= 0.3 is 35.2 Å². The fraction of sp³-hybridized carbons (Fsp3) is 0.389. The van der Waals surface area contributed by atoms with Crippen LogP contribution in [0.1, 0.15) is 0 Å². The van der Waals surface area contributed by atoms with Crippen LogP contribution >= 0.6 is 0 Å². The summed E-state index contributed by atoms with van der Waals surface area (Å²) in [6, 6.07) is 60.0. The first-order valence-corrected chi connectivity index (χ1v) is 70.4. The lowest BCUT2D eigenvalue weighted by molar-refractivity contribution is 0.264. The summed E-state index contributed by atoms with van der Waals surface area (Å²) in [5.41, 5.74) is 8.03. The average molecular weight is 1530 g/mol. The maximum atomic E-state index is 6.80. The average Bonchev–Trinajstić information content (AvgIpc) is 0.793. The number of nitrogens with zero attached hydrogens (tertiary/aromatic N) is 2. The molecule has 0 amide bonds. The van der Waals surface area contributed by atoms with Crippen LogP contribution in [0.4, 0.5) is 34.1 Å². The smallest absolute Gasteiger partial charge is 0.502 e. The Morgan fingerprint density at radius 1 is 0.184 bits per heavy atom. The van der Waals surface area contributed by atoms with Gasteiger partial charge in [-0.2, -0.15) is 0 Å². The maximum Gasteiger partial charge on any atom is 0.541 e. The zero-order valence-electron chi connectivity index (χ0n) is 64.0. The van der Waals surface area contributed by atoms with Crippen LogP contribution in [0, 0.1) is 0 Å². The normalized spacial score (nSPS) is 13.6. The highest BCUT2D eigenvalue weighted by molar-refractivity contribution is 6.88. The molecule has 0 spiro atoms. The number of anilines is 6. The highest BCUT2D eigenvalue weighted by atomic mass is 28.5. The molecule has 530 valence electrons. The molecule has 0 N–H and O–H groups in total. The summed E-state index contributed by atoms with van der Waals surface area (Å²) in [6.45, 7) is 60.6. The van der Waals surface area contributed by atoms with E-state index in [-0.39, 0.29) is 0 Å². The first-order valence-electron chi connectivity index (χ1n) is 34.2.